The third-order valence-corrected chi connectivity index (χ3v) is 5.13. The smallest absolute Gasteiger partial charge is 0.0741 e. The fourth-order valence-corrected chi connectivity index (χ4v) is 3.65. The van der Waals surface area contributed by atoms with Crippen LogP contribution in [0.1, 0.15) is 39.0 Å². The van der Waals surface area contributed by atoms with Crippen molar-refractivity contribution in [2.24, 2.45) is 5.73 Å². The lowest BCUT2D eigenvalue weighted by Crippen LogP contribution is -2.70. The van der Waals surface area contributed by atoms with Crippen molar-refractivity contribution in [3.63, 3.8) is 0 Å². The van der Waals surface area contributed by atoms with E-state index in [9.17, 15) is 0 Å². The highest BCUT2D eigenvalue weighted by molar-refractivity contribution is 5.03. The first-order valence-corrected chi connectivity index (χ1v) is 7.39. The van der Waals surface area contributed by atoms with Gasteiger partial charge in [0, 0.05) is 44.5 Å². The molecular formula is C14H26N2O2. The van der Waals surface area contributed by atoms with Gasteiger partial charge in [0.15, 0.2) is 0 Å². The van der Waals surface area contributed by atoms with Crippen molar-refractivity contribution >= 4 is 0 Å². The normalized spacial score (nSPS) is 35.3. The summed E-state index contributed by atoms with van der Waals surface area (Å²) in [5.74, 6) is 0. The molecule has 1 atom stereocenters. The highest BCUT2D eigenvalue weighted by atomic mass is 16.5. The number of ether oxygens (including phenoxy) is 2. The predicted molar refractivity (Wildman–Crippen MR) is 70.5 cm³/mol. The Balaban J connectivity index is 1.58. The molecule has 2 N–H and O–H groups in total. The van der Waals surface area contributed by atoms with Crippen molar-refractivity contribution < 1.29 is 9.47 Å². The lowest BCUT2D eigenvalue weighted by molar-refractivity contribution is -0.160. The van der Waals surface area contributed by atoms with E-state index in [0.717, 1.165) is 52.2 Å². The maximum absolute atomic E-state index is 6.28. The fourth-order valence-electron chi connectivity index (χ4n) is 3.65. The predicted octanol–water partition coefficient (Wildman–Crippen LogP) is 1.14. The number of nitrogens with two attached hydrogens (primary N) is 1. The summed E-state index contributed by atoms with van der Waals surface area (Å²) in [5.41, 5.74) is 6.47. The molecule has 1 unspecified atom stereocenters. The first-order valence-electron chi connectivity index (χ1n) is 7.39. The molecule has 0 aromatic heterocycles. The van der Waals surface area contributed by atoms with Crippen molar-refractivity contribution in [2.45, 2.75) is 56.2 Å². The van der Waals surface area contributed by atoms with E-state index < -0.39 is 0 Å². The summed E-state index contributed by atoms with van der Waals surface area (Å²) in [6, 6.07) is 0.681. The van der Waals surface area contributed by atoms with Crippen molar-refractivity contribution in [1.82, 2.24) is 4.90 Å². The molecule has 3 aliphatic heterocycles. The molecule has 3 heterocycles. The summed E-state index contributed by atoms with van der Waals surface area (Å²) in [6.07, 6.45) is 5.57. The Morgan fingerprint density at radius 1 is 1.22 bits per heavy atom. The summed E-state index contributed by atoms with van der Waals surface area (Å²) in [7, 11) is 0. The van der Waals surface area contributed by atoms with Gasteiger partial charge in [-0.1, -0.05) is 6.92 Å². The molecule has 4 nitrogen and oxygen atoms in total. The highest BCUT2D eigenvalue weighted by Crippen LogP contribution is 2.38. The minimum absolute atomic E-state index is 0.0845. The van der Waals surface area contributed by atoms with Gasteiger partial charge >= 0.3 is 0 Å². The first-order chi connectivity index (χ1) is 8.65. The quantitative estimate of drug-likeness (QED) is 0.803. The molecule has 18 heavy (non-hydrogen) atoms. The van der Waals surface area contributed by atoms with Crippen LogP contribution >= 0.6 is 0 Å². The molecule has 0 aliphatic carbocycles. The van der Waals surface area contributed by atoms with Gasteiger partial charge in [-0.3, -0.25) is 4.90 Å². The number of nitrogens with zero attached hydrogens (tertiary/aromatic N) is 1. The van der Waals surface area contributed by atoms with Gasteiger partial charge in [-0.2, -0.15) is 0 Å². The number of hydrogen-bond donors (Lipinski definition) is 1. The molecule has 0 saturated carbocycles. The molecular weight excluding hydrogens is 228 g/mol. The standard InChI is InChI=1S/C14H26N2O2/c1-2-13(15)10-16(11-13)12-3-6-18-14(9-12)4-7-17-8-5-14/h12H,2-11,15H2,1H3. The van der Waals surface area contributed by atoms with Crippen LogP contribution in [0.15, 0.2) is 0 Å². The second-order valence-corrected chi connectivity index (χ2v) is 6.41. The Hall–Kier alpha value is -0.160. The average Bonchev–Trinajstić information content (AvgIpc) is 2.36. The minimum Gasteiger partial charge on any atom is -0.381 e. The van der Waals surface area contributed by atoms with E-state index in [0.29, 0.717) is 6.04 Å². The van der Waals surface area contributed by atoms with Crippen LogP contribution in [0.3, 0.4) is 0 Å². The summed E-state index contributed by atoms with van der Waals surface area (Å²) >= 11 is 0. The van der Waals surface area contributed by atoms with E-state index >= 15 is 0 Å². The molecule has 3 fully saturated rings. The number of likely N-dealkylation sites (tertiary alicyclic amines) is 1. The van der Waals surface area contributed by atoms with Gasteiger partial charge < -0.3 is 15.2 Å². The molecule has 1 spiro atoms. The highest BCUT2D eigenvalue weighted by Gasteiger charge is 2.46. The number of rotatable bonds is 2. The fraction of sp³-hybridized carbons (Fsp3) is 1.00. The van der Waals surface area contributed by atoms with Crippen LogP contribution in [0.4, 0.5) is 0 Å². The van der Waals surface area contributed by atoms with Crippen LogP contribution in [0.5, 0.6) is 0 Å². The molecule has 0 radical (unpaired) electrons. The van der Waals surface area contributed by atoms with Crippen molar-refractivity contribution in [2.75, 3.05) is 32.9 Å². The molecule has 0 bridgehead atoms. The average molecular weight is 254 g/mol. The second-order valence-electron chi connectivity index (χ2n) is 6.41. The lowest BCUT2D eigenvalue weighted by Gasteiger charge is -2.54. The van der Waals surface area contributed by atoms with Gasteiger partial charge in [-0.25, -0.2) is 0 Å². The molecule has 0 aromatic rings. The molecule has 104 valence electrons. The zero-order valence-electron chi connectivity index (χ0n) is 11.5. The zero-order valence-corrected chi connectivity index (χ0v) is 11.5. The summed E-state index contributed by atoms with van der Waals surface area (Å²) in [4.78, 5) is 2.57. The Labute approximate surface area is 110 Å². The van der Waals surface area contributed by atoms with E-state index in [2.05, 4.69) is 11.8 Å². The van der Waals surface area contributed by atoms with Crippen LogP contribution in [0, 0.1) is 0 Å². The molecule has 3 aliphatic rings. The molecule has 0 amide bonds. The molecule has 0 aromatic carbocycles. The van der Waals surface area contributed by atoms with Gasteiger partial charge in [0.1, 0.15) is 0 Å². The van der Waals surface area contributed by atoms with Crippen LogP contribution in [-0.4, -0.2) is 55.0 Å². The van der Waals surface area contributed by atoms with Crippen LogP contribution < -0.4 is 5.73 Å². The maximum Gasteiger partial charge on any atom is 0.0741 e. The van der Waals surface area contributed by atoms with Crippen LogP contribution in [0.25, 0.3) is 0 Å². The minimum atomic E-state index is 0.0845. The van der Waals surface area contributed by atoms with Gasteiger partial charge in [-0.15, -0.1) is 0 Å². The Morgan fingerprint density at radius 2 is 1.94 bits per heavy atom. The summed E-state index contributed by atoms with van der Waals surface area (Å²) < 4.78 is 11.6. The Morgan fingerprint density at radius 3 is 2.61 bits per heavy atom. The second kappa shape index (κ2) is 4.75. The largest absolute Gasteiger partial charge is 0.381 e. The van der Waals surface area contributed by atoms with Crippen molar-refractivity contribution in [1.29, 1.82) is 0 Å². The van der Waals surface area contributed by atoms with E-state index in [-0.39, 0.29) is 11.1 Å². The van der Waals surface area contributed by atoms with Gasteiger partial charge in [-0.05, 0) is 32.1 Å². The van der Waals surface area contributed by atoms with E-state index in [1.54, 1.807) is 0 Å². The topological polar surface area (TPSA) is 47.7 Å². The lowest BCUT2D eigenvalue weighted by atomic mass is 9.80. The Bertz CT molecular complexity index is 291. The zero-order chi connectivity index (χ0) is 12.6. The monoisotopic (exact) mass is 254 g/mol. The van der Waals surface area contributed by atoms with Gasteiger partial charge in [0.2, 0.25) is 0 Å². The van der Waals surface area contributed by atoms with Crippen LogP contribution in [-0.2, 0) is 9.47 Å². The molecule has 3 saturated heterocycles. The maximum atomic E-state index is 6.28. The third-order valence-electron chi connectivity index (χ3n) is 5.13. The van der Waals surface area contributed by atoms with E-state index in [4.69, 9.17) is 15.2 Å². The first kappa shape index (κ1) is 12.9. The third kappa shape index (κ3) is 2.31. The van der Waals surface area contributed by atoms with Crippen molar-refractivity contribution in [3.8, 4) is 0 Å². The van der Waals surface area contributed by atoms with Crippen LogP contribution in [0.2, 0.25) is 0 Å². The summed E-state index contributed by atoms with van der Waals surface area (Å²) in [6.45, 7) is 6.97. The molecule has 3 rings (SSSR count). The van der Waals surface area contributed by atoms with Gasteiger partial charge in [0.25, 0.3) is 0 Å². The molecule has 4 heteroatoms. The van der Waals surface area contributed by atoms with Gasteiger partial charge in [0.05, 0.1) is 5.60 Å². The SMILES string of the molecule is CCC1(N)CN(C2CCOC3(CCOCC3)C2)C1. The number of hydrogen-bond acceptors (Lipinski definition) is 4. The Kier molecular flexibility index (Phi) is 3.39. The van der Waals surface area contributed by atoms with E-state index in [1.807, 2.05) is 0 Å². The van der Waals surface area contributed by atoms with E-state index in [1.165, 1.54) is 12.8 Å². The summed E-state index contributed by atoms with van der Waals surface area (Å²) in [5, 5.41) is 0. The van der Waals surface area contributed by atoms with Crippen molar-refractivity contribution in [3.05, 3.63) is 0 Å².